The Kier molecular flexibility index (Phi) is 4.45. The third-order valence-corrected chi connectivity index (χ3v) is 3.79. The van der Waals surface area contributed by atoms with Gasteiger partial charge in [0.25, 0.3) is 0 Å². The molecule has 118 valence electrons. The largest absolute Gasteiger partial charge is 0.395 e. The molecule has 0 atom stereocenters. The Morgan fingerprint density at radius 1 is 1.39 bits per heavy atom. The summed E-state index contributed by atoms with van der Waals surface area (Å²) in [5.41, 5.74) is 3.47. The topological polar surface area (TPSA) is 52.1 Å². The summed E-state index contributed by atoms with van der Waals surface area (Å²) in [5, 5.41) is 9.74. The van der Waals surface area contributed by atoms with E-state index >= 15 is 0 Å². The molecule has 3 rings (SSSR count). The zero-order valence-electron chi connectivity index (χ0n) is 12.9. The van der Waals surface area contributed by atoms with E-state index in [1.807, 2.05) is 18.0 Å². The van der Waals surface area contributed by atoms with Crippen molar-refractivity contribution in [1.29, 1.82) is 0 Å². The van der Waals surface area contributed by atoms with Gasteiger partial charge in [0.15, 0.2) is 0 Å². The number of halogens is 1. The lowest BCUT2D eigenvalue weighted by Crippen LogP contribution is -2.22. The van der Waals surface area contributed by atoms with Crippen molar-refractivity contribution >= 4 is 11.0 Å². The molecule has 0 saturated carbocycles. The van der Waals surface area contributed by atoms with Crippen LogP contribution in [0.3, 0.4) is 0 Å². The number of aliphatic hydroxyl groups is 1. The minimum absolute atomic E-state index is 0.136. The van der Waals surface area contributed by atoms with E-state index < -0.39 is 0 Å². The first-order chi connectivity index (χ1) is 11.2. The molecule has 0 spiro atoms. The number of hydrogen-bond donors (Lipinski definition) is 2. The van der Waals surface area contributed by atoms with Crippen molar-refractivity contribution in [3.8, 4) is 11.8 Å². The molecule has 0 aliphatic heterocycles. The van der Waals surface area contributed by atoms with Crippen LogP contribution in [0.1, 0.15) is 18.5 Å². The molecule has 1 aliphatic carbocycles. The van der Waals surface area contributed by atoms with Gasteiger partial charge >= 0.3 is 0 Å². The summed E-state index contributed by atoms with van der Waals surface area (Å²) in [6.45, 7) is 0.753. The fraction of sp³-hybridized carbons (Fsp3) is 0.278. The Labute approximate surface area is 134 Å². The van der Waals surface area contributed by atoms with Crippen molar-refractivity contribution in [2.45, 2.75) is 12.8 Å². The van der Waals surface area contributed by atoms with Gasteiger partial charge in [-0.15, -0.1) is 0 Å². The van der Waals surface area contributed by atoms with Gasteiger partial charge in [-0.3, -0.25) is 0 Å². The fourth-order valence-corrected chi connectivity index (χ4v) is 2.56. The van der Waals surface area contributed by atoms with E-state index in [0.29, 0.717) is 23.3 Å². The van der Waals surface area contributed by atoms with E-state index in [1.165, 1.54) is 18.0 Å². The van der Waals surface area contributed by atoms with Gasteiger partial charge in [-0.1, -0.05) is 12.0 Å². The lowest BCUT2D eigenvalue weighted by Gasteiger charge is -2.23. The molecule has 0 fully saturated rings. The zero-order chi connectivity index (χ0) is 16.2. The predicted octanol–water partition coefficient (Wildman–Crippen LogP) is 2.58. The number of fused-ring (bicyclic) bond motifs is 1. The third-order valence-electron chi connectivity index (χ3n) is 3.79. The summed E-state index contributed by atoms with van der Waals surface area (Å²) in [4.78, 5) is 9.12. The second-order valence-electron chi connectivity index (χ2n) is 5.50. The van der Waals surface area contributed by atoms with Gasteiger partial charge in [-0.05, 0) is 37.0 Å². The van der Waals surface area contributed by atoms with Gasteiger partial charge in [-0.2, -0.15) is 0 Å². The smallest absolute Gasteiger partial charge is 0.142 e. The van der Waals surface area contributed by atoms with Crippen LogP contribution in [0.2, 0.25) is 0 Å². The molecular weight excluding hydrogens is 293 g/mol. The first-order valence-corrected chi connectivity index (χ1v) is 7.55. The van der Waals surface area contributed by atoms with Crippen molar-refractivity contribution in [1.82, 2.24) is 14.9 Å². The van der Waals surface area contributed by atoms with Gasteiger partial charge in [0.1, 0.15) is 11.5 Å². The predicted molar refractivity (Wildman–Crippen MR) is 88.0 cm³/mol. The van der Waals surface area contributed by atoms with Crippen molar-refractivity contribution in [2.75, 3.05) is 20.2 Å². The van der Waals surface area contributed by atoms with E-state index in [9.17, 15) is 4.39 Å². The lowest BCUT2D eigenvalue weighted by atomic mass is 10.0. The molecule has 4 nitrogen and oxygen atoms in total. The average molecular weight is 311 g/mol. The van der Waals surface area contributed by atoms with Crippen molar-refractivity contribution in [3.05, 3.63) is 53.3 Å². The number of aromatic amines is 1. The monoisotopic (exact) mass is 311 g/mol. The molecule has 1 aliphatic rings. The maximum atomic E-state index is 13.2. The Morgan fingerprint density at radius 2 is 2.26 bits per heavy atom. The van der Waals surface area contributed by atoms with Crippen LogP contribution >= 0.6 is 0 Å². The minimum atomic E-state index is -0.356. The molecule has 2 N–H and O–H groups in total. The molecule has 2 aromatic heterocycles. The molecule has 0 amide bonds. The summed E-state index contributed by atoms with van der Waals surface area (Å²) in [6, 6.07) is 3.23. The van der Waals surface area contributed by atoms with Gasteiger partial charge < -0.3 is 15.0 Å². The Hall–Kier alpha value is -2.58. The molecule has 2 heterocycles. The van der Waals surface area contributed by atoms with Crippen LogP contribution in [0.25, 0.3) is 11.0 Å². The molecule has 0 saturated heterocycles. The number of H-pyrrole nitrogens is 1. The highest BCUT2D eigenvalue weighted by atomic mass is 19.1. The Bertz CT molecular complexity index is 839. The van der Waals surface area contributed by atoms with E-state index in [1.54, 1.807) is 6.07 Å². The van der Waals surface area contributed by atoms with E-state index in [2.05, 4.69) is 27.9 Å². The minimum Gasteiger partial charge on any atom is -0.395 e. The molecule has 23 heavy (non-hydrogen) atoms. The van der Waals surface area contributed by atoms with Crippen LogP contribution in [0, 0.1) is 17.7 Å². The summed E-state index contributed by atoms with van der Waals surface area (Å²) in [5.74, 6) is 5.84. The standard InChI is InChI=1S/C18H18FN3O/c1-22(7-8-23)17-4-2-3-13(9-17)5-6-16-11-14-10-15(19)12-20-18(14)21-16/h3,9-12,23H,2,4,7-8H2,1H3,(H,20,21). The van der Waals surface area contributed by atoms with Crippen LogP contribution in [0.5, 0.6) is 0 Å². The normalized spacial score (nSPS) is 14.0. The van der Waals surface area contributed by atoms with Crippen LogP contribution in [-0.4, -0.2) is 40.2 Å². The van der Waals surface area contributed by atoms with Gasteiger partial charge in [-0.25, -0.2) is 9.37 Å². The van der Waals surface area contributed by atoms with Crippen LogP contribution in [0.4, 0.5) is 4.39 Å². The first kappa shape index (κ1) is 15.3. The van der Waals surface area contributed by atoms with Crippen LogP contribution < -0.4 is 0 Å². The summed E-state index contributed by atoms with van der Waals surface area (Å²) < 4.78 is 13.2. The highest BCUT2D eigenvalue weighted by Crippen LogP contribution is 2.19. The average Bonchev–Trinajstić information content (AvgIpc) is 2.95. The second-order valence-corrected chi connectivity index (χ2v) is 5.50. The zero-order valence-corrected chi connectivity index (χ0v) is 12.9. The Morgan fingerprint density at radius 3 is 3.09 bits per heavy atom. The molecule has 5 heteroatoms. The number of nitrogens with one attached hydrogen (secondary N) is 1. The molecular formula is C18H18FN3O. The quantitative estimate of drug-likeness (QED) is 0.857. The van der Waals surface area contributed by atoms with Crippen LogP contribution in [-0.2, 0) is 0 Å². The highest BCUT2D eigenvalue weighted by molar-refractivity contribution is 5.77. The number of aromatic nitrogens is 2. The molecule has 0 unspecified atom stereocenters. The van der Waals surface area contributed by atoms with E-state index in [4.69, 9.17) is 5.11 Å². The van der Waals surface area contributed by atoms with Gasteiger partial charge in [0, 0.05) is 30.2 Å². The van der Waals surface area contributed by atoms with Gasteiger partial charge in [0.2, 0.25) is 0 Å². The molecule has 0 bridgehead atoms. The summed E-state index contributed by atoms with van der Waals surface area (Å²) in [6.07, 6.45) is 7.23. The number of rotatable bonds is 3. The van der Waals surface area contributed by atoms with E-state index in [0.717, 1.165) is 18.4 Å². The number of aliphatic hydroxyl groups excluding tert-OH is 1. The molecule has 0 aromatic carbocycles. The third kappa shape index (κ3) is 3.61. The SMILES string of the molecule is CN(CCO)C1=CC(C#Cc2cc3cc(F)cnc3[nH]2)=CCC1. The maximum absolute atomic E-state index is 13.2. The summed E-state index contributed by atoms with van der Waals surface area (Å²) in [7, 11) is 1.97. The van der Waals surface area contributed by atoms with Crippen molar-refractivity contribution in [2.24, 2.45) is 0 Å². The first-order valence-electron chi connectivity index (χ1n) is 7.55. The number of hydrogen-bond acceptors (Lipinski definition) is 3. The lowest BCUT2D eigenvalue weighted by molar-refractivity contribution is 0.243. The van der Waals surface area contributed by atoms with Crippen molar-refractivity contribution in [3.63, 3.8) is 0 Å². The highest BCUT2D eigenvalue weighted by Gasteiger charge is 2.08. The molecule has 2 aromatic rings. The molecule has 0 radical (unpaired) electrons. The van der Waals surface area contributed by atoms with Crippen molar-refractivity contribution < 1.29 is 9.50 Å². The maximum Gasteiger partial charge on any atom is 0.142 e. The Balaban J connectivity index is 1.81. The second kappa shape index (κ2) is 6.67. The number of pyridine rings is 1. The number of likely N-dealkylation sites (N-methyl/N-ethyl adjacent to an activating group) is 1. The van der Waals surface area contributed by atoms with Gasteiger partial charge in [0.05, 0.1) is 18.5 Å². The fourth-order valence-electron chi connectivity index (χ4n) is 2.56. The number of nitrogens with zero attached hydrogens (tertiary/aromatic N) is 2. The van der Waals surface area contributed by atoms with Crippen LogP contribution in [0.15, 0.2) is 41.8 Å². The number of allylic oxidation sites excluding steroid dienone is 4. The summed E-state index contributed by atoms with van der Waals surface area (Å²) >= 11 is 0. The van der Waals surface area contributed by atoms with E-state index in [-0.39, 0.29) is 12.4 Å².